The average molecular weight is 354 g/mol. The van der Waals surface area contributed by atoms with Gasteiger partial charge in [-0.3, -0.25) is 9.59 Å². The Balaban J connectivity index is 2.14. The zero-order valence-corrected chi connectivity index (χ0v) is 15.6. The molecule has 0 unspecified atom stereocenters. The van der Waals surface area contributed by atoms with Crippen LogP contribution >= 0.6 is 0 Å². The third-order valence-corrected chi connectivity index (χ3v) is 4.38. The minimum atomic E-state index is -0.363. The number of hydrogen-bond acceptors (Lipinski definition) is 3. The summed E-state index contributed by atoms with van der Waals surface area (Å²) in [7, 11) is 1.58. The zero-order chi connectivity index (χ0) is 19.1. The van der Waals surface area contributed by atoms with Crippen LogP contribution in [-0.2, 0) is 11.2 Å². The molecule has 0 fully saturated rings. The third-order valence-electron chi connectivity index (χ3n) is 4.38. The number of likely N-dealkylation sites (N-methyl/N-ethyl adjacent to an activating group) is 2. The minimum absolute atomic E-state index is 0.0110. The second kappa shape index (κ2) is 9.04. The van der Waals surface area contributed by atoms with E-state index in [2.05, 4.69) is 0 Å². The summed E-state index contributed by atoms with van der Waals surface area (Å²) in [4.78, 5) is 27.9. The van der Waals surface area contributed by atoms with Crippen LogP contribution in [0.15, 0.2) is 48.5 Å². The number of nitrogens with zero attached hydrogens (tertiary/aromatic N) is 2. The van der Waals surface area contributed by atoms with E-state index in [9.17, 15) is 14.7 Å². The molecule has 0 aliphatic heterocycles. The van der Waals surface area contributed by atoms with Crippen LogP contribution in [0.1, 0.15) is 35.3 Å². The van der Waals surface area contributed by atoms with Gasteiger partial charge in [0.15, 0.2) is 0 Å². The molecule has 0 bridgehead atoms. The molecular formula is C21H26N2O3. The topological polar surface area (TPSA) is 60.9 Å². The Bertz CT molecular complexity index is 755. The molecule has 0 aliphatic carbocycles. The van der Waals surface area contributed by atoms with Crippen molar-refractivity contribution in [2.75, 3.05) is 26.7 Å². The van der Waals surface area contributed by atoms with Gasteiger partial charge in [0.1, 0.15) is 5.75 Å². The fraction of sp³-hybridized carbons (Fsp3) is 0.333. The number of benzene rings is 2. The number of carbonyl (C=O) groups excluding carboxylic acids is 2. The molecule has 2 aromatic rings. The smallest absolute Gasteiger partial charge is 0.257 e. The van der Waals surface area contributed by atoms with Crippen molar-refractivity contribution in [2.45, 2.75) is 20.3 Å². The highest BCUT2D eigenvalue weighted by Crippen LogP contribution is 2.22. The molecule has 2 aromatic carbocycles. The number of hydrogen-bond donors (Lipinski definition) is 1. The molecule has 0 aromatic heterocycles. The van der Waals surface area contributed by atoms with Crippen LogP contribution in [-0.4, -0.2) is 53.4 Å². The Hall–Kier alpha value is -2.82. The van der Waals surface area contributed by atoms with Crippen LogP contribution in [0.2, 0.25) is 0 Å². The number of carbonyl (C=O) groups is 2. The van der Waals surface area contributed by atoms with Gasteiger partial charge in [-0.15, -0.1) is 0 Å². The highest BCUT2D eigenvalue weighted by Gasteiger charge is 2.20. The zero-order valence-electron chi connectivity index (χ0n) is 15.6. The van der Waals surface area contributed by atoms with Crippen molar-refractivity contribution < 1.29 is 14.7 Å². The monoisotopic (exact) mass is 354 g/mol. The van der Waals surface area contributed by atoms with Crippen LogP contribution in [0.25, 0.3) is 0 Å². The lowest BCUT2D eigenvalue weighted by molar-refractivity contribution is -0.131. The molecule has 5 heteroatoms. The number of phenols is 1. The average Bonchev–Trinajstić information content (AvgIpc) is 2.64. The summed E-state index contributed by atoms with van der Waals surface area (Å²) in [5.74, 6) is -0.544. The molecule has 2 amide bonds. The van der Waals surface area contributed by atoms with Gasteiger partial charge in [0, 0.05) is 20.1 Å². The maximum atomic E-state index is 12.7. The van der Waals surface area contributed by atoms with E-state index in [0.29, 0.717) is 19.5 Å². The first-order valence-corrected chi connectivity index (χ1v) is 8.85. The Labute approximate surface area is 154 Å². The largest absolute Gasteiger partial charge is 0.507 e. The van der Waals surface area contributed by atoms with E-state index in [4.69, 9.17) is 0 Å². The number of rotatable bonds is 7. The number of amides is 2. The van der Waals surface area contributed by atoms with Crippen molar-refractivity contribution in [3.05, 3.63) is 65.2 Å². The van der Waals surface area contributed by atoms with Crippen LogP contribution in [0, 0.1) is 0 Å². The predicted octanol–water partition coefficient (Wildman–Crippen LogP) is 2.92. The quantitative estimate of drug-likeness (QED) is 0.832. The molecule has 5 nitrogen and oxygen atoms in total. The Kier molecular flexibility index (Phi) is 6.78. The van der Waals surface area contributed by atoms with Gasteiger partial charge in [0.05, 0.1) is 12.1 Å². The fourth-order valence-electron chi connectivity index (χ4n) is 2.85. The summed E-state index contributed by atoms with van der Waals surface area (Å²) in [6.45, 7) is 5.01. The van der Waals surface area contributed by atoms with Crippen LogP contribution in [0.3, 0.4) is 0 Å². The van der Waals surface area contributed by atoms with E-state index in [1.807, 2.05) is 44.2 Å². The maximum absolute atomic E-state index is 12.7. The highest BCUT2D eigenvalue weighted by atomic mass is 16.3. The van der Waals surface area contributed by atoms with Crippen molar-refractivity contribution in [1.82, 2.24) is 9.80 Å². The number of phenolic OH excluding ortho intramolecular Hbond substituents is 1. The van der Waals surface area contributed by atoms with E-state index in [0.717, 1.165) is 11.1 Å². The van der Waals surface area contributed by atoms with E-state index >= 15 is 0 Å². The fourth-order valence-corrected chi connectivity index (χ4v) is 2.85. The van der Waals surface area contributed by atoms with E-state index in [1.54, 1.807) is 24.1 Å². The molecule has 0 aliphatic rings. The summed E-state index contributed by atoms with van der Waals surface area (Å²) >= 11 is 0. The molecule has 0 spiro atoms. The first-order valence-electron chi connectivity index (χ1n) is 8.85. The molecule has 138 valence electrons. The Morgan fingerprint density at radius 1 is 0.962 bits per heavy atom. The molecule has 2 rings (SSSR count). The minimum Gasteiger partial charge on any atom is -0.507 e. The van der Waals surface area contributed by atoms with Gasteiger partial charge in [-0.2, -0.15) is 0 Å². The summed E-state index contributed by atoms with van der Waals surface area (Å²) in [5, 5.41) is 10.1. The molecule has 26 heavy (non-hydrogen) atoms. The first-order chi connectivity index (χ1) is 12.5. The normalized spacial score (nSPS) is 10.4. The second-order valence-electron chi connectivity index (χ2n) is 6.24. The van der Waals surface area contributed by atoms with Gasteiger partial charge >= 0.3 is 0 Å². The van der Waals surface area contributed by atoms with Crippen molar-refractivity contribution >= 4 is 11.8 Å². The summed E-state index contributed by atoms with van der Waals surface area (Å²) < 4.78 is 0. The van der Waals surface area contributed by atoms with E-state index in [1.165, 1.54) is 11.0 Å². The van der Waals surface area contributed by atoms with Crippen LogP contribution in [0.4, 0.5) is 0 Å². The van der Waals surface area contributed by atoms with Crippen molar-refractivity contribution in [1.29, 1.82) is 0 Å². The van der Waals surface area contributed by atoms with E-state index in [-0.39, 0.29) is 29.7 Å². The highest BCUT2D eigenvalue weighted by molar-refractivity contribution is 5.98. The molecule has 1 N–H and O–H groups in total. The molecule has 0 atom stereocenters. The lowest BCUT2D eigenvalue weighted by Gasteiger charge is -2.23. The third kappa shape index (κ3) is 4.85. The molecule has 0 radical (unpaired) electrons. The van der Waals surface area contributed by atoms with Gasteiger partial charge in [-0.1, -0.05) is 36.4 Å². The lowest BCUT2D eigenvalue weighted by Crippen LogP contribution is -2.41. The van der Waals surface area contributed by atoms with Crippen LogP contribution < -0.4 is 0 Å². The summed E-state index contributed by atoms with van der Waals surface area (Å²) in [6.07, 6.45) is 0.670. The maximum Gasteiger partial charge on any atom is 0.257 e. The van der Waals surface area contributed by atoms with Crippen molar-refractivity contribution in [3.8, 4) is 5.75 Å². The van der Waals surface area contributed by atoms with Gasteiger partial charge in [-0.05, 0) is 43.5 Å². The summed E-state index contributed by atoms with van der Waals surface area (Å²) in [6, 6.07) is 15.0. The summed E-state index contributed by atoms with van der Waals surface area (Å²) in [5.41, 5.74) is 2.27. The van der Waals surface area contributed by atoms with Gasteiger partial charge in [0.25, 0.3) is 5.91 Å². The number of aromatic hydroxyl groups is 1. The predicted molar refractivity (Wildman–Crippen MR) is 102 cm³/mol. The first kappa shape index (κ1) is 19.5. The SMILES string of the molecule is CCN(CC)C(=O)CN(C)C(=O)c1cc(Cc2ccccc2)ccc1O. The molecule has 0 saturated carbocycles. The van der Waals surface area contributed by atoms with Gasteiger partial charge in [-0.25, -0.2) is 0 Å². The van der Waals surface area contributed by atoms with E-state index < -0.39 is 0 Å². The van der Waals surface area contributed by atoms with Crippen molar-refractivity contribution in [2.24, 2.45) is 0 Å². The Morgan fingerprint density at radius 2 is 1.62 bits per heavy atom. The molecule has 0 saturated heterocycles. The van der Waals surface area contributed by atoms with Crippen LogP contribution in [0.5, 0.6) is 5.75 Å². The van der Waals surface area contributed by atoms with Gasteiger partial charge < -0.3 is 14.9 Å². The lowest BCUT2D eigenvalue weighted by atomic mass is 10.0. The second-order valence-corrected chi connectivity index (χ2v) is 6.24. The Morgan fingerprint density at radius 3 is 2.23 bits per heavy atom. The van der Waals surface area contributed by atoms with Crippen molar-refractivity contribution in [3.63, 3.8) is 0 Å². The molecule has 0 heterocycles. The molecular weight excluding hydrogens is 328 g/mol. The van der Waals surface area contributed by atoms with Gasteiger partial charge in [0.2, 0.25) is 5.91 Å². The standard InChI is InChI=1S/C21H26N2O3/c1-4-23(5-2)20(25)15-22(3)21(26)18-14-17(11-12-19(18)24)13-16-9-7-6-8-10-16/h6-12,14,24H,4-5,13,15H2,1-3H3.